The van der Waals surface area contributed by atoms with Gasteiger partial charge in [0, 0.05) is 12.1 Å². The molecule has 1 atom stereocenters. The van der Waals surface area contributed by atoms with E-state index in [4.69, 9.17) is 4.74 Å². The first-order valence-electron chi connectivity index (χ1n) is 6.13. The zero-order valence-electron chi connectivity index (χ0n) is 9.41. The second-order valence-electron chi connectivity index (χ2n) is 4.54. The number of ether oxygens (including phenoxy) is 1. The van der Waals surface area contributed by atoms with E-state index in [0.29, 0.717) is 0 Å². The molecule has 4 nitrogen and oxygen atoms in total. The predicted octanol–water partition coefficient (Wildman–Crippen LogP) is 1.10. The number of aryl methyl sites for hydroxylation is 1. The summed E-state index contributed by atoms with van der Waals surface area (Å²) in [6.45, 7) is 2.06. The van der Waals surface area contributed by atoms with Gasteiger partial charge in [0.15, 0.2) is 0 Å². The number of aromatic nitrogens is 2. The van der Waals surface area contributed by atoms with Crippen LogP contribution in [0.4, 0.5) is 0 Å². The molecule has 1 saturated heterocycles. The summed E-state index contributed by atoms with van der Waals surface area (Å²) in [5.41, 5.74) is 2.43. The molecule has 1 N–H and O–H groups in total. The second-order valence-corrected chi connectivity index (χ2v) is 4.54. The number of rotatable bonds is 2. The van der Waals surface area contributed by atoms with Gasteiger partial charge in [0.2, 0.25) is 5.88 Å². The van der Waals surface area contributed by atoms with E-state index < -0.39 is 0 Å². The molecule has 1 aromatic heterocycles. The molecule has 1 fully saturated rings. The number of hydrogen-bond acceptors (Lipinski definition) is 4. The fraction of sp³-hybridized carbons (Fsp3) is 0.667. The van der Waals surface area contributed by atoms with Gasteiger partial charge in [-0.15, -0.1) is 0 Å². The number of nitrogens with zero attached hydrogens (tertiary/aromatic N) is 2. The highest BCUT2D eigenvalue weighted by Crippen LogP contribution is 2.27. The molecule has 86 valence electrons. The summed E-state index contributed by atoms with van der Waals surface area (Å²) in [5, 5.41) is 3.35. The van der Waals surface area contributed by atoms with Gasteiger partial charge in [0.05, 0.1) is 5.69 Å². The minimum Gasteiger partial charge on any atom is -0.473 e. The molecule has 3 rings (SSSR count). The van der Waals surface area contributed by atoms with E-state index in [0.717, 1.165) is 38.2 Å². The van der Waals surface area contributed by atoms with Crippen LogP contribution in [-0.4, -0.2) is 29.2 Å². The van der Waals surface area contributed by atoms with Crippen LogP contribution in [0.15, 0.2) is 6.33 Å². The Kier molecular flexibility index (Phi) is 2.74. The zero-order chi connectivity index (χ0) is 10.8. The lowest BCUT2D eigenvalue weighted by molar-refractivity contribution is 0.158. The van der Waals surface area contributed by atoms with Crippen LogP contribution in [0.1, 0.15) is 30.5 Å². The molecule has 0 spiro atoms. The van der Waals surface area contributed by atoms with Crippen molar-refractivity contribution in [3.63, 3.8) is 0 Å². The van der Waals surface area contributed by atoms with Crippen LogP contribution in [0, 0.1) is 0 Å². The number of fused-ring (bicyclic) bond motifs is 1. The smallest absolute Gasteiger partial charge is 0.220 e. The van der Waals surface area contributed by atoms with Crippen molar-refractivity contribution >= 4 is 0 Å². The third-order valence-corrected chi connectivity index (χ3v) is 3.37. The van der Waals surface area contributed by atoms with Crippen molar-refractivity contribution < 1.29 is 4.74 Å². The van der Waals surface area contributed by atoms with Gasteiger partial charge in [-0.05, 0) is 38.6 Å². The van der Waals surface area contributed by atoms with Crippen molar-refractivity contribution in [1.82, 2.24) is 15.3 Å². The van der Waals surface area contributed by atoms with Gasteiger partial charge < -0.3 is 10.1 Å². The third kappa shape index (κ3) is 1.89. The minimum atomic E-state index is 0.286. The van der Waals surface area contributed by atoms with Gasteiger partial charge in [-0.2, -0.15) is 0 Å². The molecule has 0 unspecified atom stereocenters. The van der Waals surface area contributed by atoms with Gasteiger partial charge in [0.25, 0.3) is 0 Å². The Hall–Kier alpha value is -1.16. The molecule has 16 heavy (non-hydrogen) atoms. The maximum atomic E-state index is 5.98. The van der Waals surface area contributed by atoms with Crippen LogP contribution in [0.5, 0.6) is 5.88 Å². The van der Waals surface area contributed by atoms with Crippen LogP contribution >= 0.6 is 0 Å². The maximum absolute atomic E-state index is 5.98. The lowest BCUT2D eigenvalue weighted by Crippen LogP contribution is -2.37. The monoisotopic (exact) mass is 219 g/mol. The van der Waals surface area contributed by atoms with Crippen molar-refractivity contribution in [2.45, 2.75) is 38.2 Å². The Morgan fingerprint density at radius 3 is 3.12 bits per heavy atom. The first kappa shape index (κ1) is 10.0. The SMILES string of the molecule is c1nc2c(c(O[C@H]3CCCNC3)n1)CCC2. The standard InChI is InChI=1S/C12H17N3O/c1-4-10-11(5-1)14-8-15-12(10)16-9-3-2-6-13-7-9/h8-9,13H,1-7H2/t9-/m0/s1. The Morgan fingerprint density at radius 2 is 2.25 bits per heavy atom. The van der Waals surface area contributed by atoms with E-state index in [2.05, 4.69) is 15.3 Å². The van der Waals surface area contributed by atoms with Crippen LogP contribution in [0.3, 0.4) is 0 Å². The van der Waals surface area contributed by atoms with Crippen LogP contribution < -0.4 is 10.1 Å². The molecular formula is C12H17N3O. The highest BCUT2D eigenvalue weighted by molar-refractivity contribution is 5.33. The van der Waals surface area contributed by atoms with E-state index in [1.165, 1.54) is 24.1 Å². The van der Waals surface area contributed by atoms with E-state index in [1.54, 1.807) is 6.33 Å². The van der Waals surface area contributed by atoms with Gasteiger partial charge in [-0.3, -0.25) is 0 Å². The first-order valence-corrected chi connectivity index (χ1v) is 6.13. The first-order chi connectivity index (χ1) is 7.93. The summed E-state index contributed by atoms with van der Waals surface area (Å²) in [4.78, 5) is 8.59. The van der Waals surface area contributed by atoms with Crippen molar-refractivity contribution in [2.75, 3.05) is 13.1 Å². The zero-order valence-corrected chi connectivity index (χ0v) is 9.41. The van der Waals surface area contributed by atoms with Crippen molar-refractivity contribution in [3.8, 4) is 5.88 Å². The highest BCUT2D eigenvalue weighted by Gasteiger charge is 2.21. The summed E-state index contributed by atoms with van der Waals surface area (Å²) in [6.07, 6.45) is 7.59. The molecule has 1 aliphatic carbocycles. The summed E-state index contributed by atoms with van der Waals surface area (Å²) < 4.78 is 5.98. The molecular weight excluding hydrogens is 202 g/mol. The van der Waals surface area contributed by atoms with Gasteiger partial charge in [-0.25, -0.2) is 9.97 Å². The predicted molar refractivity (Wildman–Crippen MR) is 60.6 cm³/mol. The van der Waals surface area contributed by atoms with Crippen molar-refractivity contribution in [2.24, 2.45) is 0 Å². The Balaban J connectivity index is 1.76. The molecule has 1 aromatic rings. The van der Waals surface area contributed by atoms with E-state index in [9.17, 15) is 0 Å². The molecule has 0 amide bonds. The number of hydrogen-bond donors (Lipinski definition) is 1. The summed E-state index contributed by atoms with van der Waals surface area (Å²) in [7, 11) is 0. The summed E-state index contributed by atoms with van der Waals surface area (Å²) >= 11 is 0. The number of nitrogens with one attached hydrogen (secondary N) is 1. The number of piperidine rings is 1. The van der Waals surface area contributed by atoms with Crippen molar-refractivity contribution in [1.29, 1.82) is 0 Å². The third-order valence-electron chi connectivity index (χ3n) is 3.37. The van der Waals surface area contributed by atoms with Crippen LogP contribution in [-0.2, 0) is 12.8 Å². The maximum Gasteiger partial charge on any atom is 0.220 e. The second kappa shape index (κ2) is 4.37. The average molecular weight is 219 g/mol. The van der Waals surface area contributed by atoms with Crippen molar-refractivity contribution in [3.05, 3.63) is 17.6 Å². The molecule has 2 aliphatic rings. The summed E-state index contributed by atoms with van der Waals surface area (Å²) in [6, 6.07) is 0. The van der Waals surface area contributed by atoms with Crippen LogP contribution in [0.25, 0.3) is 0 Å². The minimum absolute atomic E-state index is 0.286. The Morgan fingerprint density at radius 1 is 1.25 bits per heavy atom. The van der Waals surface area contributed by atoms with Gasteiger partial charge in [-0.1, -0.05) is 0 Å². The summed E-state index contributed by atoms with van der Waals surface area (Å²) in [5.74, 6) is 0.830. The molecule has 0 saturated carbocycles. The largest absolute Gasteiger partial charge is 0.473 e. The Bertz CT molecular complexity index is 375. The molecule has 2 heterocycles. The van der Waals surface area contributed by atoms with Gasteiger partial charge >= 0.3 is 0 Å². The normalized spacial score (nSPS) is 24.1. The highest BCUT2D eigenvalue weighted by atomic mass is 16.5. The fourth-order valence-corrected chi connectivity index (χ4v) is 2.51. The van der Waals surface area contributed by atoms with E-state index in [-0.39, 0.29) is 6.10 Å². The Labute approximate surface area is 95.4 Å². The topological polar surface area (TPSA) is 47.0 Å². The molecule has 0 radical (unpaired) electrons. The van der Waals surface area contributed by atoms with Gasteiger partial charge in [0.1, 0.15) is 12.4 Å². The quantitative estimate of drug-likeness (QED) is 0.809. The lowest BCUT2D eigenvalue weighted by Gasteiger charge is -2.24. The molecule has 0 bridgehead atoms. The van der Waals surface area contributed by atoms with E-state index in [1.807, 2.05) is 0 Å². The fourth-order valence-electron chi connectivity index (χ4n) is 2.51. The molecule has 0 aromatic carbocycles. The van der Waals surface area contributed by atoms with Crippen LogP contribution in [0.2, 0.25) is 0 Å². The van der Waals surface area contributed by atoms with E-state index >= 15 is 0 Å². The average Bonchev–Trinajstić information content (AvgIpc) is 2.80. The molecule has 1 aliphatic heterocycles. The lowest BCUT2D eigenvalue weighted by atomic mass is 10.1. The molecule has 4 heteroatoms.